The standard InChI is InChI=1S/C10H17N/c1-5-9(3)7-8-10(6-2)11-4/h5-8,11H,1-4H3/b8-7-,9-5-,10-6+. The zero-order chi connectivity index (χ0) is 8.69. The van der Waals surface area contributed by atoms with E-state index in [0.29, 0.717) is 0 Å². The second-order valence-electron chi connectivity index (χ2n) is 2.36. The van der Waals surface area contributed by atoms with Crippen LogP contribution in [0.15, 0.2) is 35.6 Å². The van der Waals surface area contributed by atoms with Crippen molar-refractivity contribution in [1.29, 1.82) is 0 Å². The van der Waals surface area contributed by atoms with E-state index >= 15 is 0 Å². The van der Waals surface area contributed by atoms with Crippen LogP contribution in [0.1, 0.15) is 20.8 Å². The summed E-state index contributed by atoms with van der Waals surface area (Å²) in [6.07, 6.45) is 8.28. The first-order valence-electron chi connectivity index (χ1n) is 3.89. The van der Waals surface area contributed by atoms with Gasteiger partial charge in [0.1, 0.15) is 0 Å². The molecule has 11 heavy (non-hydrogen) atoms. The van der Waals surface area contributed by atoms with Gasteiger partial charge in [0, 0.05) is 12.7 Å². The van der Waals surface area contributed by atoms with Crippen molar-refractivity contribution in [3.05, 3.63) is 35.6 Å². The molecule has 0 rings (SSSR count). The molecule has 0 aromatic heterocycles. The average molecular weight is 151 g/mol. The highest BCUT2D eigenvalue weighted by molar-refractivity contribution is 5.24. The zero-order valence-corrected chi connectivity index (χ0v) is 7.81. The summed E-state index contributed by atoms with van der Waals surface area (Å²) in [4.78, 5) is 0. The molecule has 1 heteroatoms. The third-order valence-corrected chi connectivity index (χ3v) is 1.58. The first-order chi connectivity index (χ1) is 5.24. The number of rotatable bonds is 3. The lowest BCUT2D eigenvalue weighted by Crippen LogP contribution is -2.01. The Morgan fingerprint density at radius 1 is 1.09 bits per heavy atom. The maximum absolute atomic E-state index is 3.08. The number of nitrogens with one attached hydrogen (secondary N) is 1. The number of allylic oxidation sites excluding steroid dienone is 5. The predicted octanol–water partition coefficient (Wildman–Crippen LogP) is 2.63. The molecule has 1 nitrogen and oxygen atoms in total. The quantitative estimate of drug-likeness (QED) is 0.611. The van der Waals surface area contributed by atoms with E-state index in [4.69, 9.17) is 0 Å². The molecule has 0 heterocycles. The van der Waals surface area contributed by atoms with Crippen molar-refractivity contribution in [3.63, 3.8) is 0 Å². The van der Waals surface area contributed by atoms with Crippen LogP contribution in [-0.2, 0) is 0 Å². The van der Waals surface area contributed by atoms with Crippen LogP contribution in [0.3, 0.4) is 0 Å². The number of hydrogen-bond donors (Lipinski definition) is 1. The van der Waals surface area contributed by atoms with Crippen molar-refractivity contribution in [2.75, 3.05) is 7.05 Å². The van der Waals surface area contributed by atoms with E-state index in [1.807, 2.05) is 27.0 Å². The smallest absolute Gasteiger partial charge is 0.0294 e. The van der Waals surface area contributed by atoms with Gasteiger partial charge in [0.05, 0.1) is 0 Å². The molecule has 0 radical (unpaired) electrons. The minimum absolute atomic E-state index is 1.14. The molecule has 0 fully saturated rings. The molecule has 0 saturated carbocycles. The summed E-state index contributed by atoms with van der Waals surface area (Å²) in [7, 11) is 1.92. The van der Waals surface area contributed by atoms with Gasteiger partial charge in [-0.3, -0.25) is 0 Å². The third kappa shape index (κ3) is 4.43. The van der Waals surface area contributed by atoms with Crippen molar-refractivity contribution >= 4 is 0 Å². The van der Waals surface area contributed by atoms with Gasteiger partial charge in [-0.2, -0.15) is 0 Å². The van der Waals surface area contributed by atoms with E-state index in [2.05, 4.69) is 30.5 Å². The Balaban J connectivity index is 4.12. The molecule has 0 saturated heterocycles. The second kappa shape index (κ2) is 5.78. The average Bonchev–Trinajstić information content (AvgIpc) is 2.06. The van der Waals surface area contributed by atoms with Gasteiger partial charge in [-0.1, -0.05) is 23.8 Å². The minimum Gasteiger partial charge on any atom is -0.388 e. The Kier molecular flexibility index (Phi) is 5.26. The van der Waals surface area contributed by atoms with Crippen LogP contribution in [0, 0.1) is 0 Å². The topological polar surface area (TPSA) is 12.0 Å². The fraction of sp³-hybridized carbons (Fsp3) is 0.400. The van der Waals surface area contributed by atoms with Crippen molar-refractivity contribution < 1.29 is 0 Å². The van der Waals surface area contributed by atoms with Gasteiger partial charge >= 0.3 is 0 Å². The molecule has 1 N–H and O–H groups in total. The lowest BCUT2D eigenvalue weighted by molar-refractivity contribution is 1.03. The molecule has 0 bridgehead atoms. The lowest BCUT2D eigenvalue weighted by Gasteiger charge is -1.97. The van der Waals surface area contributed by atoms with Crippen LogP contribution in [-0.4, -0.2) is 7.05 Å². The molecule has 0 atom stereocenters. The zero-order valence-electron chi connectivity index (χ0n) is 7.81. The summed E-state index contributed by atoms with van der Waals surface area (Å²) < 4.78 is 0. The van der Waals surface area contributed by atoms with Gasteiger partial charge in [0.2, 0.25) is 0 Å². The number of hydrogen-bond acceptors (Lipinski definition) is 1. The molecular weight excluding hydrogens is 134 g/mol. The molecule has 0 unspecified atom stereocenters. The van der Waals surface area contributed by atoms with Crippen LogP contribution in [0.2, 0.25) is 0 Å². The molecule has 0 amide bonds. The second-order valence-corrected chi connectivity index (χ2v) is 2.36. The van der Waals surface area contributed by atoms with Crippen LogP contribution in [0.4, 0.5) is 0 Å². The highest BCUT2D eigenvalue weighted by Gasteiger charge is 1.82. The van der Waals surface area contributed by atoms with Gasteiger partial charge in [-0.15, -0.1) is 0 Å². The van der Waals surface area contributed by atoms with Crippen LogP contribution >= 0.6 is 0 Å². The molecule has 0 aliphatic carbocycles. The van der Waals surface area contributed by atoms with Gasteiger partial charge < -0.3 is 5.32 Å². The van der Waals surface area contributed by atoms with Crippen LogP contribution in [0.25, 0.3) is 0 Å². The molecule has 0 aromatic rings. The van der Waals surface area contributed by atoms with Crippen molar-refractivity contribution in [2.24, 2.45) is 0 Å². The van der Waals surface area contributed by atoms with Gasteiger partial charge in [0.25, 0.3) is 0 Å². The van der Waals surface area contributed by atoms with Gasteiger partial charge in [0.15, 0.2) is 0 Å². The summed E-state index contributed by atoms with van der Waals surface area (Å²) in [5.74, 6) is 0. The van der Waals surface area contributed by atoms with E-state index in [-0.39, 0.29) is 0 Å². The van der Waals surface area contributed by atoms with E-state index in [0.717, 1.165) is 5.70 Å². The van der Waals surface area contributed by atoms with E-state index in [1.54, 1.807) is 0 Å². The van der Waals surface area contributed by atoms with Crippen molar-refractivity contribution in [3.8, 4) is 0 Å². The van der Waals surface area contributed by atoms with E-state index in [1.165, 1.54) is 5.57 Å². The van der Waals surface area contributed by atoms with Gasteiger partial charge in [-0.05, 0) is 26.8 Å². The van der Waals surface area contributed by atoms with Gasteiger partial charge in [-0.25, -0.2) is 0 Å². The molecule has 0 aliphatic heterocycles. The Morgan fingerprint density at radius 3 is 2.09 bits per heavy atom. The molecule has 0 aliphatic rings. The largest absolute Gasteiger partial charge is 0.388 e. The van der Waals surface area contributed by atoms with E-state index in [9.17, 15) is 0 Å². The van der Waals surface area contributed by atoms with Crippen molar-refractivity contribution in [1.82, 2.24) is 5.32 Å². The first kappa shape index (κ1) is 10.0. The monoisotopic (exact) mass is 151 g/mol. The maximum Gasteiger partial charge on any atom is 0.0294 e. The van der Waals surface area contributed by atoms with Crippen LogP contribution in [0.5, 0.6) is 0 Å². The molecule has 0 spiro atoms. The molecule has 0 aromatic carbocycles. The van der Waals surface area contributed by atoms with Crippen LogP contribution < -0.4 is 5.32 Å². The third-order valence-electron chi connectivity index (χ3n) is 1.58. The highest BCUT2D eigenvalue weighted by Crippen LogP contribution is 1.97. The summed E-state index contributed by atoms with van der Waals surface area (Å²) in [5, 5.41) is 3.08. The molecular formula is C10H17N. The molecule has 62 valence electrons. The number of likely N-dealkylation sites (N-methyl/N-ethyl adjacent to an activating group) is 1. The van der Waals surface area contributed by atoms with E-state index < -0.39 is 0 Å². The summed E-state index contributed by atoms with van der Waals surface area (Å²) in [6.45, 7) is 6.13. The Hall–Kier alpha value is -0.980. The predicted molar refractivity (Wildman–Crippen MR) is 51.4 cm³/mol. The van der Waals surface area contributed by atoms with Crippen molar-refractivity contribution in [2.45, 2.75) is 20.8 Å². The Labute approximate surface area is 69.5 Å². The Morgan fingerprint density at radius 2 is 1.73 bits per heavy atom. The lowest BCUT2D eigenvalue weighted by atomic mass is 10.2. The minimum atomic E-state index is 1.14. The summed E-state index contributed by atoms with van der Waals surface area (Å²) >= 11 is 0. The summed E-state index contributed by atoms with van der Waals surface area (Å²) in [6, 6.07) is 0. The highest BCUT2D eigenvalue weighted by atomic mass is 14.8. The fourth-order valence-corrected chi connectivity index (χ4v) is 0.641. The SMILES string of the molecule is C\C=C(C)/C=C\C(=C/C)NC. The first-order valence-corrected chi connectivity index (χ1v) is 3.89. The normalized spacial score (nSPS) is 14.2. The Bertz CT molecular complexity index is 185. The summed E-state index contributed by atoms with van der Waals surface area (Å²) in [5.41, 5.74) is 2.42. The maximum atomic E-state index is 3.08. The fourth-order valence-electron chi connectivity index (χ4n) is 0.641.